The van der Waals surface area contributed by atoms with Gasteiger partial charge in [0.25, 0.3) is 0 Å². The van der Waals surface area contributed by atoms with Gasteiger partial charge in [0.05, 0.1) is 12.7 Å². The van der Waals surface area contributed by atoms with Crippen LogP contribution in [0.2, 0.25) is 0 Å². The number of imidazole rings is 2. The van der Waals surface area contributed by atoms with Crippen molar-refractivity contribution in [3.63, 3.8) is 0 Å². The average molecular weight is 176 g/mol. The first kappa shape index (κ1) is 8.04. The van der Waals surface area contributed by atoms with Crippen molar-refractivity contribution >= 4 is 0 Å². The number of hydrogen-bond donors (Lipinski definition) is 0. The molecule has 2 heterocycles. The third-order valence-corrected chi connectivity index (χ3v) is 2.07. The van der Waals surface area contributed by atoms with Gasteiger partial charge in [0.1, 0.15) is 0 Å². The molecule has 0 spiro atoms. The molecule has 0 N–H and O–H groups in total. The lowest BCUT2D eigenvalue weighted by molar-refractivity contribution is 0.464. The Balaban J connectivity index is 2.04. The zero-order chi connectivity index (χ0) is 9.10. The molecule has 1 atom stereocenters. The van der Waals surface area contributed by atoms with Gasteiger partial charge in [0.2, 0.25) is 0 Å². The van der Waals surface area contributed by atoms with E-state index in [1.54, 1.807) is 12.4 Å². The molecule has 0 saturated carbocycles. The van der Waals surface area contributed by atoms with Gasteiger partial charge >= 0.3 is 0 Å². The van der Waals surface area contributed by atoms with Crippen molar-refractivity contribution in [1.29, 1.82) is 0 Å². The predicted octanol–water partition coefficient (Wildman–Crippen LogP) is 1.34. The van der Waals surface area contributed by atoms with E-state index in [0.29, 0.717) is 6.04 Å². The first-order valence-electron chi connectivity index (χ1n) is 4.29. The minimum Gasteiger partial charge on any atom is -0.335 e. The molecule has 0 amide bonds. The highest BCUT2D eigenvalue weighted by Crippen LogP contribution is 2.06. The number of hydrogen-bond acceptors (Lipinski definition) is 2. The van der Waals surface area contributed by atoms with E-state index >= 15 is 0 Å². The standard InChI is InChI=1S/C9H12N4/c1-9(13-5-3-11-8-13)6-12-4-2-10-7-12/h2-5,7-9H,6H2,1H3. The minimum atomic E-state index is 0.414. The fourth-order valence-corrected chi connectivity index (χ4v) is 1.32. The van der Waals surface area contributed by atoms with Gasteiger partial charge in [-0.2, -0.15) is 0 Å². The van der Waals surface area contributed by atoms with Crippen molar-refractivity contribution < 1.29 is 0 Å². The Kier molecular flexibility index (Phi) is 2.12. The zero-order valence-corrected chi connectivity index (χ0v) is 7.54. The average Bonchev–Trinajstić information content (AvgIpc) is 2.74. The van der Waals surface area contributed by atoms with E-state index in [4.69, 9.17) is 0 Å². The SMILES string of the molecule is CC(Cn1ccnc1)n1ccnc1. The van der Waals surface area contributed by atoms with Gasteiger partial charge in [0.15, 0.2) is 0 Å². The maximum Gasteiger partial charge on any atom is 0.0949 e. The molecule has 0 aliphatic heterocycles. The molecule has 0 aliphatic carbocycles. The van der Waals surface area contributed by atoms with Crippen LogP contribution in [0.4, 0.5) is 0 Å². The molecule has 0 bridgehead atoms. The lowest BCUT2D eigenvalue weighted by Gasteiger charge is -2.12. The summed E-state index contributed by atoms with van der Waals surface area (Å²) in [7, 11) is 0. The predicted molar refractivity (Wildman–Crippen MR) is 49.2 cm³/mol. The summed E-state index contributed by atoms with van der Waals surface area (Å²) < 4.78 is 4.14. The van der Waals surface area contributed by atoms with Crippen LogP contribution in [0.15, 0.2) is 37.4 Å². The van der Waals surface area contributed by atoms with E-state index < -0.39 is 0 Å². The first-order valence-corrected chi connectivity index (χ1v) is 4.29. The van der Waals surface area contributed by atoms with Crippen molar-refractivity contribution in [3.8, 4) is 0 Å². The van der Waals surface area contributed by atoms with Crippen molar-refractivity contribution in [2.75, 3.05) is 0 Å². The third kappa shape index (κ3) is 1.77. The van der Waals surface area contributed by atoms with Crippen molar-refractivity contribution in [2.45, 2.75) is 19.5 Å². The normalized spacial score (nSPS) is 13.0. The van der Waals surface area contributed by atoms with Crippen molar-refractivity contribution in [2.24, 2.45) is 0 Å². The highest BCUT2D eigenvalue weighted by molar-refractivity contribution is 4.81. The maximum atomic E-state index is 4.01. The van der Waals surface area contributed by atoms with E-state index in [-0.39, 0.29) is 0 Å². The molecule has 0 aromatic carbocycles. The van der Waals surface area contributed by atoms with Crippen molar-refractivity contribution in [1.82, 2.24) is 19.1 Å². The minimum absolute atomic E-state index is 0.414. The first-order chi connectivity index (χ1) is 6.36. The Morgan fingerprint density at radius 3 is 2.54 bits per heavy atom. The summed E-state index contributed by atoms with van der Waals surface area (Å²) in [4.78, 5) is 8.01. The van der Waals surface area contributed by atoms with Crippen LogP contribution in [0.25, 0.3) is 0 Å². The summed E-state index contributed by atoms with van der Waals surface area (Å²) in [5, 5.41) is 0. The Morgan fingerprint density at radius 1 is 1.15 bits per heavy atom. The molecule has 1 unspecified atom stereocenters. The molecular weight excluding hydrogens is 164 g/mol. The van der Waals surface area contributed by atoms with E-state index in [2.05, 4.69) is 26.0 Å². The number of aromatic nitrogens is 4. The summed E-state index contributed by atoms with van der Waals surface area (Å²) in [5.74, 6) is 0. The summed E-state index contributed by atoms with van der Waals surface area (Å²) in [6.45, 7) is 3.08. The molecule has 4 nitrogen and oxygen atoms in total. The number of rotatable bonds is 3. The maximum absolute atomic E-state index is 4.01. The molecule has 0 radical (unpaired) electrons. The quantitative estimate of drug-likeness (QED) is 0.707. The molecule has 13 heavy (non-hydrogen) atoms. The second-order valence-electron chi connectivity index (χ2n) is 3.12. The van der Waals surface area contributed by atoms with Crippen molar-refractivity contribution in [3.05, 3.63) is 37.4 Å². The largest absolute Gasteiger partial charge is 0.335 e. The second-order valence-corrected chi connectivity index (χ2v) is 3.12. The molecule has 4 heteroatoms. The smallest absolute Gasteiger partial charge is 0.0949 e. The molecule has 2 aromatic rings. The molecule has 0 aliphatic rings. The fraction of sp³-hybridized carbons (Fsp3) is 0.333. The van der Waals surface area contributed by atoms with Gasteiger partial charge in [-0.25, -0.2) is 9.97 Å². The number of nitrogens with zero attached hydrogens (tertiary/aromatic N) is 4. The molecule has 2 aromatic heterocycles. The monoisotopic (exact) mass is 176 g/mol. The summed E-state index contributed by atoms with van der Waals surface area (Å²) in [6.07, 6.45) is 11.2. The molecule has 68 valence electrons. The zero-order valence-electron chi connectivity index (χ0n) is 7.54. The van der Waals surface area contributed by atoms with E-state index in [9.17, 15) is 0 Å². The highest BCUT2D eigenvalue weighted by Gasteiger charge is 2.03. The van der Waals surface area contributed by atoms with Gasteiger partial charge in [-0.15, -0.1) is 0 Å². The van der Waals surface area contributed by atoms with Gasteiger partial charge in [0, 0.05) is 37.4 Å². The van der Waals surface area contributed by atoms with Crippen LogP contribution < -0.4 is 0 Å². The van der Waals surface area contributed by atoms with Crippen LogP contribution in [0.5, 0.6) is 0 Å². The van der Waals surface area contributed by atoms with Crippen LogP contribution in [0.3, 0.4) is 0 Å². The Bertz CT molecular complexity index is 336. The van der Waals surface area contributed by atoms with Crippen LogP contribution in [0.1, 0.15) is 13.0 Å². The fourth-order valence-electron chi connectivity index (χ4n) is 1.32. The van der Waals surface area contributed by atoms with Gasteiger partial charge in [-0.05, 0) is 6.92 Å². The molecule has 2 rings (SSSR count). The van der Waals surface area contributed by atoms with E-state index in [0.717, 1.165) is 6.54 Å². The summed E-state index contributed by atoms with van der Waals surface area (Å²) >= 11 is 0. The lowest BCUT2D eigenvalue weighted by Crippen LogP contribution is -2.10. The van der Waals surface area contributed by atoms with Gasteiger partial charge in [-0.1, -0.05) is 0 Å². The highest BCUT2D eigenvalue weighted by atomic mass is 15.1. The third-order valence-electron chi connectivity index (χ3n) is 2.07. The van der Waals surface area contributed by atoms with Crippen LogP contribution in [-0.4, -0.2) is 19.1 Å². The topological polar surface area (TPSA) is 35.6 Å². The molecular formula is C9H12N4. The van der Waals surface area contributed by atoms with Crippen LogP contribution in [-0.2, 0) is 6.54 Å². The van der Waals surface area contributed by atoms with Crippen LogP contribution >= 0.6 is 0 Å². The summed E-state index contributed by atoms with van der Waals surface area (Å²) in [6, 6.07) is 0.414. The Hall–Kier alpha value is -1.58. The second kappa shape index (κ2) is 3.43. The lowest BCUT2D eigenvalue weighted by atomic mass is 10.3. The van der Waals surface area contributed by atoms with E-state index in [1.165, 1.54) is 0 Å². The Labute approximate surface area is 76.9 Å². The Morgan fingerprint density at radius 2 is 1.92 bits per heavy atom. The molecule has 0 saturated heterocycles. The summed E-state index contributed by atoms with van der Waals surface area (Å²) in [5.41, 5.74) is 0. The van der Waals surface area contributed by atoms with Gasteiger partial charge < -0.3 is 9.13 Å². The van der Waals surface area contributed by atoms with Crippen LogP contribution in [0, 0.1) is 0 Å². The molecule has 0 fully saturated rings. The van der Waals surface area contributed by atoms with E-state index in [1.807, 2.05) is 25.0 Å². The van der Waals surface area contributed by atoms with Gasteiger partial charge in [-0.3, -0.25) is 0 Å².